The molecule has 0 fully saturated rings. The first-order valence-corrected chi connectivity index (χ1v) is 6.97. The summed E-state index contributed by atoms with van der Waals surface area (Å²) >= 11 is 1.69. The van der Waals surface area contributed by atoms with Gasteiger partial charge in [-0.2, -0.15) is 5.10 Å². The van der Waals surface area contributed by atoms with Crippen molar-refractivity contribution in [2.24, 2.45) is 7.05 Å². The van der Waals surface area contributed by atoms with Gasteiger partial charge in [-0.15, -0.1) is 0 Å². The van der Waals surface area contributed by atoms with Gasteiger partial charge >= 0.3 is 0 Å². The highest BCUT2D eigenvalue weighted by atomic mass is 32.2. The molecule has 5 heteroatoms. The summed E-state index contributed by atoms with van der Waals surface area (Å²) in [6.07, 6.45) is 0. The Balaban J connectivity index is 2.37. The van der Waals surface area contributed by atoms with E-state index in [1.807, 2.05) is 43.9 Å². The van der Waals surface area contributed by atoms with Crippen LogP contribution in [-0.4, -0.2) is 23.9 Å². The van der Waals surface area contributed by atoms with Crippen LogP contribution in [-0.2, 0) is 13.6 Å². The lowest BCUT2D eigenvalue weighted by atomic mass is 10.3. The predicted octanol–water partition coefficient (Wildman–Crippen LogP) is 2.61. The number of para-hydroxylation sites is 1. The maximum Gasteiger partial charge on any atom is 0.132 e. The van der Waals surface area contributed by atoms with Gasteiger partial charge in [-0.1, -0.05) is 23.9 Å². The van der Waals surface area contributed by atoms with Gasteiger partial charge in [0.15, 0.2) is 0 Å². The Labute approximate surface area is 118 Å². The first-order valence-electron chi connectivity index (χ1n) is 6.15. The molecule has 1 aromatic heterocycles. The summed E-state index contributed by atoms with van der Waals surface area (Å²) in [5.41, 5.74) is 2.30. The summed E-state index contributed by atoms with van der Waals surface area (Å²) in [4.78, 5) is 1.10. The molecule has 0 aliphatic carbocycles. The summed E-state index contributed by atoms with van der Waals surface area (Å²) in [6.45, 7) is 2.86. The highest BCUT2D eigenvalue weighted by Gasteiger charge is 2.15. The fourth-order valence-corrected chi connectivity index (χ4v) is 3.12. The Morgan fingerprint density at radius 1 is 1.37 bits per heavy atom. The number of ether oxygens (including phenoxy) is 1. The quantitative estimate of drug-likeness (QED) is 0.912. The van der Waals surface area contributed by atoms with Crippen LogP contribution >= 0.6 is 11.8 Å². The Bertz CT molecular complexity index is 566. The van der Waals surface area contributed by atoms with E-state index in [2.05, 4.69) is 16.5 Å². The number of aromatic nitrogens is 2. The fourth-order valence-electron chi connectivity index (χ4n) is 2.00. The third-order valence-corrected chi connectivity index (χ3v) is 4.18. The summed E-state index contributed by atoms with van der Waals surface area (Å²) in [5, 5.41) is 8.84. The molecule has 102 valence electrons. The van der Waals surface area contributed by atoms with Crippen LogP contribution in [0.25, 0.3) is 0 Å². The van der Waals surface area contributed by atoms with Crippen molar-refractivity contribution in [1.82, 2.24) is 15.1 Å². The van der Waals surface area contributed by atoms with Crippen molar-refractivity contribution < 1.29 is 4.74 Å². The molecular formula is C14H19N3OS. The van der Waals surface area contributed by atoms with Crippen LogP contribution in [0.2, 0.25) is 0 Å². The number of hydrogen-bond donors (Lipinski definition) is 1. The number of rotatable bonds is 5. The topological polar surface area (TPSA) is 39.1 Å². The van der Waals surface area contributed by atoms with Crippen LogP contribution in [0.4, 0.5) is 0 Å². The average Bonchev–Trinajstić information content (AvgIpc) is 2.67. The molecule has 19 heavy (non-hydrogen) atoms. The summed E-state index contributed by atoms with van der Waals surface area (Å²) in [7, 11) is 5.62. The van der Waals surface area contributed by atoms with Gasteiger partial charge in [-0.05, 0) is 26.1 Å². The molecule has 0 aliphatic heterocycles. The fraction of sp³-hybridized carbons (Fsp3) is 0.357. The zero-order valence-electron chi connectivity index (χ0n) is 11.7. The van der Waals surface area contributed by atoms with Crippen molar-refractivity contribution in [2.45, 2.75) is 23.4 Å². The van der Waals surface area contributed by atoms with Crippen LogP contribution in [0, 0.1) is 6.92 Å². The van der Waals surface area contributed by atoms with Gasteiger partial charge in [0.2, 0.25) is 0 Å². The van der Waals surface area contributed by atoms with E-state index in [4.69, 9.17) is 4.74 Å². The Morgan fingerprint density at radius 2 is 2.11 bits per heavy atom. The number of nitrogens with zero attached hydrogens (tertiary/aromatic N) is 2. The largest absolute Gasteiger partial charge is 0.496 e. The van der Waals surface area contributed by atoms with Gasteiger partial charge in [-0.25, -0.2) is 0 Å². The van der Waals surface area contributed by atoms with Crippen molar-refractivity contribution in [2.75, 3.05) is 14.2 Å². The molecule has 0 radical (unpaired) electrons. The average molecular weight is 277 g/mol. The van der Waals surface area contributed by atoms with Crippen LogP contribution in [0.1, 0.15) is 11.3 Å². The molecule has 1 heterocycles. The van der Waals surface area contributed by atoms with Crippen molar-refractivity contribution in [3.05, 3.63) is 35.5 Å². The number of nitrogens with one attached hydrogen (secondary N) is 1. The lowest BCUT2D eigenvalue weighted by molar-refractivity contribution is 0.405. The smallest absolute Gasteiger partial charge is 0.132 e. The van der Waals surface area contributed by atoms with Crippen molar-refractivity contribution in [1.29, 1.82) is 0 Å². The minimum Gasteiger partial charge on any atom is -0.496 e. The zero-order chi connectivity index (χ0) is 13.8. The summed E-state index contributed by atoms with van der Waals surface area (Å²) < 4.78 is 7.33. The summed E-state index contributed by atoms with van der Waals surface area (Å²) in [6, 6.07) is 8.04. The van der Waals surface area contributed by atoms with E-state index in [1.165, 1.54) is 5.56 Å². The van der Waals surface area contributed by atoms with E-state index in [-0.39, 0.29) is 0 Å². The molecule has 0 bridgehead atoms. The number of hydrogen-bond acceptors (Lipinski definition) is 4. The zero-order valence-corrected chi connectivity index (χ0v) is 12.5. The highest BCUT2D eigenvalue weighted by Crippen LogP contribution is 2.36. The molecule has 1 N–H and O–H groups in total. The molecule has 0 saturated heterocycles. The number of aryl methyl sites for hydroxylation is 2. The first-order chi connectivity index (χ1) is 9.17. The van der Waals surface area contributed by atoms with Crippen molar-refractivity contribution >= 4 is 11.8 Å². The molecule has 0 atom stereocenters. The van der Waals surface area contributed by atoms with Crippen LogP contribution in [0.3, 0.4) is 0 Å². The molecule has 0 spiro atoms. The minimum absolute atomic E-state index is 0.817. The maximum absolute atomic E-state index is 5.40. The van der Waals surface area contributed by atoms with Gasteiger partial charge in [-0.3, -0.25) is 4.68 Å². The van der Waals surface area contributed by atoms with E-state index < -0.39 is 0 Å². The monoisotopic (exact) mass is 277 g/mol. The van der Waals surface area contributed by atoms with Crippen molar-refractivity contribution in [3.8, 4) is 5.75 Å². The van der Waals surface area contributed by atoms with E-state index in [0.717, 1.165) is 27.9 Å². The van der Waals surface area contributed by atoms with Crippen molar-refractivity contribution in [3.63, 3.8) is 0 Å². The van der Waals surface area contributed by atoms with E-state index in [0.29, 0.717) is 0 Å². The SMILES string of the molecule is CNCc1c(C)nn(C)c1Sc1ccccc1OC. The molecule has 4 nitrogen and oxygen atoms in total. The van der Waals surface area contributed by atoms with E-state index >= 15 is 0 Å². The second kappa shape index (κ2) is 6.12. The Morgan fingerprint density at radius 3 is 2.79 bits per heavy atom. The molecule has 0 unspecified atom stereocenters. The molecule has 0 saturated carbocycles. The van der Waals surface area contributed by atoms with E-state index in [1.54, 1.807) is 18.9 Å². The number of benzene rings is 1. The van der Waals surface area contributed by atoms with Gasteiger partial charge in [0.1, 0.15) is 10.8 Å². The maximum atomic E-state index is 5.40. The summed E-state index contributed by atoms with van der Waals surface area (Å²) in [5.74, 6) is 0.891. The minimum atomic E-state index is 0.817. The molecular weight excluding hydrogens is 258 g/mol. The highest BCUT2D eigenvalue weighted by molar-refractivity contribution is 7.99. The lowest BCUT2D eigenvalue weighted by Crippen LogP contribution is -2.06. The number of methoxy groups -OCH3 is 1. The Kier molecular flexibility index (Phi) is 4.50. The predicted molar refractivity (Wildman–Crippen MR) is 77.8 cm³/mol. The molecule has 0 aliphatic rings. The third kappa shape index (κ3) is 2.93. The second-order valence-electron chi connectivity index (χ2n) is 4.28. The van der Waals surface area contributed by atoms with Crippen LogP contribution in [0.15, 0.2) is 34.2 Å². The first kappa shape index (κ1) is 14.0. The van der Waals surface area contributed by atoms with Crippen LogP contribution < -0.4 is 10.1 Å². The second-order valence-corrected chi connectivity index (χ2v) is 5.31. The third-order valence-electron chi connectivity index (χ3n) is 2.92. The lowest BCUT2D eigenvalue weighted by Gasteiger charge is -2.09. The van der Waals surface area contributed by atoms with Gasteiger partial charge in [0.25, 0.3) is 0 Å². The molecule has 2 rings (SSSR count). The Hall–Kier alpha value is -1.46. The standard InChI is InChI=1S/C14H19N3OS/c1-10-11(9-15-2)14(17(3)16-10)19-13-8-6-5-7-12(13)18-4/h5-8,15H,9H2,1-4H3. The van der Waals surface area contributed by atoms with E-state index in [9.17, 15) is 0 Å². The molecule has 2 aromatic rings. The molecule has 1 aromatic carbocycles. The van der Waals surface area contributed by atoms with Crippen LogP contribution in [0.5, 0.6) is 5.75 Å². The van der Waals surface area contributed by atoms with Gasteiger partial charge in [0.05, 0.1) is 17.7 Å². The normalized spacial score (nSPS) is 10.7. The van der Waals surface area contributed by atoms with Gasteiger partial charge < -0.3 is 10.1 Å². The van der Waals surface area contributed by atoms with Gasteiger partial charge in [0, 0.05) is 19.2 Å². The molecule has 0 amide bonds.